The molecule has 28 heavy (non-hydrogen) atoms. The summed E-state index contributed by atoms with van der Waals surface area (Å²) in [6, 6.07) is 9.84. The summed E-state index contributed by atoms with van der Waals surface area (Å²) in [5, 5.41) is 11.9. The Morgan fingerprint density at radius 3 is 2.86 bits per heavy atom. The van der Waals surface area contributed by atoms with Gasteiger partial charge in [0.2, 0.25) is 0 Å². The molecule has 1 saturated heterocycles. The number of para-hydroxylation sites is 1. The highest BCUT2D eigenvalue weighted by molar-refractivity contribution is 7.71. The molecule has 8 heteroatoms. The smallest absolute Gasteiger partial charge is 0.257 e. The number of aromatic amines is 1. The lowest BCUT2D eigenvalue weighted by molar-refractivity contribution is 0.0702. The quantitative estimate of drug-likeness (QED) is 0.686. The van der Waals surface area contributed by atoms with Crippen LogP contribution in [0.5, 0.6) is 0 Å². The van der Waals surface area contributed by atoms with Crippen LogP contribution >= 0.6 is 12.2 Å². The first kappa shape index (κ1) is 18.6. The predicted molar refractivity (Wildman–Crippen MR) is 109 cm³/mol. The van der Waals surface area contributed by atoms with Crippen molar-refractivity contribution in [2.24, 2.45) is 0 Å². The van der Waals surface area contributed by atoms with Gasteiger partial charge in [0.15, 0.2) is 4.77 Å². The number of H-pyrrole nitrogens is 1. The van der Waals surface area contributed by atoms with Crippen molar-refractivity contribution in [3.05, 3.63) is 58.4 Å². The lowest BCUT2D eigenvalue weighted by atomic mass is 9.96. The lowest BCUT2D eigenvalue weighted by Crippen LogP contribution is -2.40. The molecule has 7 nitrogen and oxygen atoms in total. The molecule has 2 aromatic heterocycles. The van der Waals surface area contributed by atoms with E-state index in [0.717, 1.165) is 43.1 Å². The summed E-state index contributed by atoms with van der Waals surface area (Å²) in [6.45, 7) is 6.12. The van der Waals surface area contributed by atoms with Crippen LogP contribution in [0.3, 0.4) is 0 Å². The van der Waals surface area contributed by atoms with Crippen LogP contribution < -0.4 is 0 Å². The molecule has 1 N–H and O–H groups in total. The summed E-state index contributed by atoms with van der Waals surface area (Å²) in [7, 11) is 0. The lowest BCUT2D eigenvalue weighted by Gasteiger charge is -2.32. The molecule has 1 fully saturated rings. The highest BCUT2D eigenvalue weighted by atomic mass is 32.1. The highest BCUT2D eigenvalue weighted by Crippen LogP contribution is 2.27. The molecule has 1 aromatic carbocycles. The average molecular weight is 397 g/mol. The van der Waals surface area contributed by atoms with E-state index in [1.807, 2.05) is 52.9 Å². The molecular formula is C20H24N6OS. The van der Waals surface area contributed by atoms with E-state index < -0.39 is 0 Å². The molecule has 3 aromatic rings. The maximum atomic E-state index is 13.2. The molecule has 4 rings (SSSR count). The minimum Gasteiger partial charge on any atom is -0.338 e. The topological polar surface area (TPSA) is 71.7 Å². The summed E-state index contributed by atoms with van der Waals surface area (Å²) in [5.74, 6) is 1.17. The van der Waals surface area contributed by atoms with E-state index >= 15 is 0 Å². The zero-order valence-corrected chi connectivity index (χ0v) is 16.9. The fraction of sp³-hybridized carbons (Fsp3) is 0.400. The number of benzene rings is 1. The van der Waals surface area contributed by atoms with Gasteiger partial charge in [-0.15, -0.1) is 0 Å². The van der Waals surface area contributed by atoms with Gasteiger partial charge in [-0.05, 0) is 51.0 Å². The number of likely N-dealkylation sites (tertiary alicyclic amines) is 1. The second-order valence-corrected chi connectivity index (χ2v) is 7.52. The molecule has 0 saturated carbocycles. The number of amides is 1. The van der Waals surface area contributed by atoms with E-state index in [1.54, 1.807) is 4.68 Å². The van der Waals surface area contributed by atoms with Gasteiger partial charge in [-0.1, -0.05) is 18.2 Å². The Labute approximate surface area is 169 Å². The Morgan fingerprint density at radius 1 is 1.32 bits per heavy atom. The van der Waals surface area contributed by atoms with Crippen molar-refractivity contribution in [1.29, 1.82) is 0 Å². The molecule has 1 aliphatic heterocycles. The fourth-order valence-electron chi connectivity index (χ4n) is 3.87. The second kappa shape index (κ2) is 7.71. The third-order valence-corrected chi connectivity index (χ3v) is 5.64. The molecule has 0 aliphatic carbocycles. The van der Waals surface area contributed by atoms with Crippen molar-refractivity contribution >= 4 is 18.1 Å². The summed E-state index contributed by atoms with van der Waals surface area (Å²) in [5.41, 5.74) is 2.34. The monoisotopic (exact) mass is 396 g/mol. The van der Waals surface area contributed by atoms with E-state index in [0.29, 0.717) is 16.9 Å². The maximum absolute atomic E-state index is 13.2. The van der Waals surface area contributed by atoms with Gasteiger partial charge in [0.25, 0.3) is 5.91 Å². The number of carbonyl (C=O) groups excluding carboxylic acids is 1. The Kier molecular flexibility index (Phi) is 5.13. The van der Waals surface area contributed by atoms with Crippen LogP contribution in [0, 0.1) is 11.7 Å². The van der Waals surface area contributed by atoms with E-state index in [2.05, 4.69) is 22.2 Å². The van der Waals surface area contributed by atoms with Crippen LogP contribution in [0.15, 0.2) is 36.5 Å². The number of hydrogen-bond acceptors (Lipinski definition) is 4. The molecule has 1 unspecified atom stereocenters. The highest BCUT2D eigenvalue weighted by Gasteiger charge is 2.30. The maximum Gasteiger partial charge on any atom is 0.257 e. The van der Waals surface area contributed by atoms with E-state index in [9.17, 15) is 4.79 Å². The van der Waals surface area contributed by atoms with Crippen molar-refractivity contribution in [1.82, 2.24) is 29.4 Å². The van der Waals surface area contributed by atoms with Crippen LogP contribution in [0.2, 0.25) is 0 Å². The summed E-state index contributed by atoms with van der Waals surface area (Å²) in [4.78, 5) is 15.1. The number of piperidine rings is 1. The van der Waals surface area contributed by atoms with Gasteiger partial charge < -0.3 is 9.47 Å². The molecule has 146 valence electrons. The third kappa shape index (κ3) is 3.40. The Balaban J connectivity index is 1.57. The first-order chi connectivity index (χ1) is 13.6. The number of aryl methyl sites for hydroxylation is 1. The molecule has 1 amide bonds. The number of hydrogen-bond donors (Lipinski definition) is 1. The Bertz CT molecular complexity index is 1030. The average Bonchev–Trinajstić information content (AvgIpc) is 3.30. The first-order valence-electron chi connectivity index (χ1n) is 9.64. The second-order valence-electron chi connectivity index (χ2n) is 7.13. The van der Waals surface area contributed by atoms with E-state index in [-0.39, 0.29) is 11.8 Å². The number of aromatic nitrogens is 5. The predicted octanol–water partition coefficient (Wildman–Crippen LogP) is 3.47. The van der Waals surface area contributed by atoms with Gasteiger partial charge in [0.1, 0.15) is 5.82 Å². The van der Waals surface area contributed by atoms with E-state index in [4.69, 9.17) is 12.2 Å². The van der Waals surface area contributed by atoms with Gasteiger partial charge in [-0.3, -0.25) is 9.89 Å². The van der Waals surface area contributed by atoms with Crippen LogP contribution in [-0.2, 0) is 6.54 Å². The number of rotatable bonds is 4. The minimum absolute atomic E-state index is 0.0292. The Hall–Kier alpha value is -2.74. The molecular weight excluding hydrogens is 372 g/mol. The van der Waals surface area contributed by atoms with Gasteiger partial charge in [-0.2, -0.15) is 10.2 Å². The fourth-order valence-corrected chi connectivity index (χ4v) is 4.14. The van der Waals surface area contributed by atoms with Crippen LogP contribution in [-0.4, -0.2) is 48.4 Å². The van der Waals surface area contributed by atoms with E-state index in [1.165, 1.54) is 0 Å². The van der Waals surface area contributed by atoms with Crippen LogP contribution in [0.4, 0.5) is 0 Å². The summed E-state index contributed by atoms with van der Waals surface area (Å²) in [6.07, 6.45) is 3.79. The van der Waals surface area contributed by atoms with Crippen LogP contribution in [0.1, 0.15) is 47.6 Å². The molecule has 0 spiro atoms. The number of carbonyl (C=O) groups is 1. The normalized spacial score (nSPS) is 17.1. The SMILES string of the molecule is CCn1c(C2CCCN(C(=O)c3cn(-c4ccccc4)nc3C)C2)n[nH]c1=S. The molecule has 3 heterocycles. The van der Waals surface area contributed by atoms with Gasteiger partial charge in [0.05, 0.1) is 16.9 Å². The Morgan fingerprint density at radius 2 is 2.11 bits per heavy atom. The van der Waals surface area contributed by atoms with Crippen molar-refractivity contribution < 1.29 is 4.79 Å². The zero-order chi connectivity index (χ0) is 19.7. The summed E-state index contributed by atoms with van der Waals surface area (Å²) < 4.78 is 4.43. The van der Waals surface area contributed by atoms with Gasteiger partial charge in [0, 0.05) is 31.7 Å². The molecule has 1 aliphatic rings. The van der Waals surface area contributed by atoms with Crippen LogP contribution in [0.25, 0.3) is 5.69 Å². The van der Waals surface area contributed by atoms with Crippen molar-refractivity contribution in [2.75, 3.05) is 13.1 Å². The zero-order valence-electron chi connectivity index (χ0n) is 16.1. The molecule has 1 atom stereocenters. The van der Waals surface area contributed by atoms with Crippen molar-refractivity contribution in [3.63, 3.8) is 0 Å². The largest absolute Gasteiger partial charge is 0.338 e. The van der Waals surface area contributed by atoms with Gasteiger partial charge in [-0.25, -0.2) is 4.68 Å². The van der Waals surface area contributed by atoms with Gasteiger partial charge >= 0.3 is 0 Å². The minimum atomic E-state index is 0.0292. The van der Waals surface area contributed by atoms with Crippen molar-refractivity contribution in [2.45, 2.75) is 39.2 Å². The standard InChI is InChI=1S/C20H24N6OS/c1-3-25-18(21-22-20(25)28)15-8-7-11-24(12-15)19(27)17-13-26(23-14(17)2)16-9-5-4-6-10-16/h4-6,9-10,13,15H,3,7-8,11-12H2,1-2H3,(H,22,28). The number of nitrogens with one attached hydrogen (secondary N) is 1. The van der Waals surface area contributed by atoms with Crippen molar-refractivity contribution in [3.8, 4) is 5.69 Å². The number of nitrogens with zero attached hydrogens (tertiary/aromatic N) is 5. The molecule has 0 radical (unpaired) electrons. The summed E-state index contributed by atoms with van der Waals surface area (Å²) >= 11 is 5.32. The third-order valence-electron chi connectivity index (χ3n) is 5.33. The first-order valence-corrected chi connectivity index (χ1v) is 10.1. The molecule has 0 bridgehead atoms.